The van der Waals surface area contributed by atoms with E-state index >= 15 is 0 Å². The van der Waals surface area contributed by atoms with Crippen molar-refractivity contribution in [3.63, 3.8) is 0 Å². The first-order valence-electron chi connectivity index (χ1n) is 7.49. The summed E-state index contributed by atoms with van der Waals surface area (Å²) < 4.78 is 21.3. The summed E-state index contributed by atoms with van der Waals surface area (Å²) in [4.78, 5) is 15.7. The zero-order valence-electron chi connectivity index (χ0n) is 13.5. The Hall–Kier alpha value is -3.00. The fraction of sp³-hybridized carbons (Fsp3) is 0.118. The van der Waals surface area contributed by atoms with E-state index in [-0.39, 0.29) is 0 Å². The van der Waals surface area contributed by atoms with E-state index in [9.17, 15) is 9.00 Å². The third-order valence-corrected chi connectivity index (χ3v) is 4.99. The van der Waals surface area contributed by atoms with Crippen LogP contribution in [-0.2, 0) is 15.8 Å². The summed E-state index contributed by atoms with van der Waals surface area (Å²) in [5, 5.41) is 5.48. The number of nitrogens with zero attached hydrogens (tertiary/aromatic N) is 3. The molecule has 1 unspecified atom stereocenters. The number of amides is 1. The highest BCUT2D eigenvalue weighted by Crippen LogP contribution is 2.34. The van der Waals surface area contributed by atoms with Gasteiger partial charge in [-0.25, -0.2) is 8.89 Å². The second-order valence-corrected chi connectivity index (χ2v) is 6.79. The molecule has 7 nitrogen and oxygen atoms in total. The van der Waals surface area contributed by atoms with Crippen LogP contribution in [0.3, 0.4) is 0 Å². The summed E-state index contributed by atoms with van der Waals surface area (Å²) in [6.45, 7) is 1.97. The topological polar surface area (TPSA) is 86.1 Å². The predicted molar refractivity (Wildman–Crippen MR) is 94.8 cm³/mol. The van der Waals surface area contributed by atoms with Crippen molar-refractivity contribution in [2.75, 3.05) is 7.11 Å². The first-order valence-corrected chi connectivity index (χ1v) is 8.64. The van der Waals surface area contributed by atoms with Crippen molar-refractivity contribution in [2.24, 2.45) is 0 Å². The number of ether oxygens (including phenoxy) is 1. The number of benzene rings is 1. The van der Waals surface area contributed by atoms with Gasteiger partial charge in [0.25, 0.3) is 5.91 Å². The van der Waals surface area contributed by atoms with Gasteiger partial charge in [-0.1, -0.05) is 0 Å². The minimum Gasteiger partial charge on any atom is -0.497 e. The highest BCUT2D eigenvalue weighted by molar-refractivity contribution is 7.93. The molecule has 25 heavy (non-hydrogen) atoms. The summed E-state index contributed by atoms with van der Waals surface area (Å²) in [7, 11) is -0.0490. The molecular weight excluding hydrogens is 340 g/mol. The maximum Gasteiger partial charge on any atom is 0.258 e. The number of carbonyl (C=O) groups is 1. The Morgan fingerprint density at radius 2 is 2.04 bits per heavy atom. The van der Waals surface area contributed by atoms with Crippen molar-refractivity contribution < 1.29 is 13.7 Å². The van der Waals surface area contributed by atoms with Gasteiger partial charge in [-0.3, -0.25) is 14.5 Å². The number of hydrogen-bond acceptors (Lipinski definition) is 5. The SMILES string of the molecule is COc1cc(-c2cncc(C)c2)c2cnn(C3=CC(=O)NS3=O)c2c1. The van der Waals surface area contributed by atoms with Crippen molar-refractivity contribution in [1.29, 1.82) is 0 Å². The smallest absolute Gasteiger partial charge is 0.258 e. The largest absolute Gasteiger partial charge is 0.497 e. The molecule has 1 aromatic carbocycles. The average molecular weight is 354 g/mol. The minimum atomic E-state index is -1.63. The lowest BCUT2D eigenvalue weighted by Gasteiger charge is -2.09. The fourth-order valence-corrected chi connectivity index (χ4v) is 3.68. The summed E-state index contributed by atoms with van der Waals surface area (Å²) in [6.07, 6.45) is 6.54. The van der Waals surface area contributed by atoms with Gasteiger partial charge in [-0.15, -0.1) is 0 Å². The third-order valence-electron chi connectivity index (χ3n) is 3.93. The molecule has 3 heterocycles. The number of methoxy groups -OCH3 is 1. The molecule has 126 valence electrons. The first-order chi connectivity index (χ1) is 12.1. The maximum atomic E-state index is 12.1. The zero-order valence-corrected chi connectivity index (χ0v) is 14.3. The third kappa shape index (κ3) is 2.60. The Balaban J connectivity index is 1.98. The molecule has 1 aliphatic rings. The number of fused-ring (bicyclic) bond motifs is 1. The molecule has 2 aromatic heterocycles. The van der Waals surface area contributed by atoms with Gasteiger partial charge in [0.05, 0.1) is 18.8 Å². The number of carbonyl (C=O) groups excluding carboxylic acids is 1. The summed E-state index contributed by atoms with van der Waals surface area (Å²) in [6, 6.07) is 5.74. The lowest BCUT2D eigenvalue weighted by Crippen LogP contribution is -2.17. The van der Waals surface area contributed by atoms with Crippen molar-refractivity contribution in [3.8, 4) is 16.9 Å². The van der Waals surface area contributed by atoms with E-state index in [2.05, 4.69) is 14.8 Å². The Morgan fingerprint density at radius 3 is 2.72 bits per heavy atom. The summed E-state index contributed by atoms with van der Waals surface area (Å²) in [5.41, 5.74) is 3.57. The van der Waals surface area contributed by atoms with E-state index in [1.807, 2.05) is 19.1 Å². The number of aromatic nitrogens is 3. The lowest BCUT2D eigenvalue weighted by atomic mass is 10.0. The van der Waals surface area contributed by atoms with Crippen LogP contribution in [0.1, 0.15) is 5.56 Å². The van der Waals surface area contributed by atoms with Crippen LogP contribution in [0.4, 0.5) is 0 Å². The van der Waals surface area contributed by atoms with Gasteiger partial charge in [0.1, 0.15) is 5.75 Å². The quantitative estimate of drug-likeness (QED) is 0.777. The van der Waals surface area contributed by atoms with Crippen LogP contribution in [0.25, 0.3) is 27.1 Å². The van der Waals surface area contributed by atoms with Gasteiger partial charge in [-0.2, -0.15) is 5.10 Å². The Labute approximate surface area is 145 Å². The lowest BCUT2D eigenvalue weighted by molar-refractivity contribution is -0.114. The van der Waals surface area contributed by atoms with E-state index < -0.39 is 16.9 Å². The number of nitrogens with one attached hydrogen (secondary N) is 1. The molecule has 8 heteroatoms. The number of hydrogen-bond donors (Lipinski definition) is 1. The Kier molecular flexibility index (Phi) is 3.61. The average Bonchev–Trinajstić information content (AvgIpc) is 3.16. The first kappa shape index (κ1) is 15.5. The summed E-state index contributed by atoms with van der Waals surface area (Å²) in [5.74, 6) is 0.234. The highest BCUT2D eigenvalue weighted by Gasteiger charge is 2.24. The molecule has 0 spiro atoms. The molecule has 1 atom stereocenters. The molecule has 0 bridgehead atoms. The molecular formula is C17H14N4O3S. The summed E-state index contributed by atoms with van der Waals surface area (Å²) >= 11 is 0. The second-order valence-electron chi connectivity index (χ2n) is 5.63. The van der Waals surface area contributed by atoms with E-state index in [4.69, 9.17) is 4.74 Å². The monoisotopic (exact) mass is 354 g/mol. The highest BCUT2D eigenvalue weighted by atomic mass is 32.2. The van der Waals surface area contributed by atoms with Crippen molar-refractivity contribution in [2.45, 2.75) is 6.92 Å². The number of aryl methyl sites for hydroxylation is 1. The second kappa shape index (κ2) is 5.82. The number of rotatable bonds is 3. The van der Waals surface area contributed by atoms with Crippen molar-refractivity contribution in [3.05, 3.63) is 48.4 Å². The molecule has 0 saturated carbocycles. The van der Waals surface area contributed by atoms with E-state index in [0.717, 1.165) is 22.1 Å². The molecule has 0 saturated heterocycles. The van der Waals surface area contributed by atoms with Crippen LogP contribution in [-0.4, -0.2) is 32.0 Å². The van der Waals surface area contributed by atoms with Crippen molar-refractivity contribution >= 4 is 32.8 Å². The van der Waals surface area contributed by atoms with Crippen LogP contribution in [0.5, 0.6) is 5.75 Å². The van der Waals surface area contributed by atoms with Crippen LogP contribution in [0, 0.1) is 6.92 Å². The van der Waals surface area contributed by atoms with E-state index in [1.165, 1.54) is 10.8 Å². The van der Waals surface area contributed by atoms with Gasteiger partial charge in [0.15, 0.2) is 16.0 Å². The molecule has 1 N–H and O–H groups in total. The van der Waals surface area contributed by atoms with Gasteiger partial charge >= 0.3 is 0 Å². The molecule has 0 aliphatic carbocycles. The maximum absolute atomic E-state index is 12.1. The van der Waals surface area contributed by atoms with E-state index in [1.54, 1.807) is 31.8 Å². The van der Waals surface area contributed by atoms with Crippen LogP contribution in [0.15, 0.2) is 42.9 Å². The van der Waals surface area contributed by atoms with Gasteiger partial charge in [0, 0.05) is 35.5 Å². The fourth-order valence-electron chi connectivity index (χ4n) is 2.81. The molecule has 1 aliphatic heterocycles. The van der Waals surface area contributed by atoms with Crippen LogP contribution in [0.2, 0.25) is 0 Å². The van der Waals surface area contributed by atoms with Crippen LogP contribution < -0.4 is 9.46 Å². The van der Waals surface area contributed by atoms with Gasteiger partial charge < -0.3 is 4.74 Å². The predicted octanol–water partition coefficient (Wildman–Crippen LogP) is 2.01. The Bertz CT molecular complexity index is 1070. The zero-order chi connectivity index (χ0) is 17.6. The molecule has 4 rings (SSSR count). The van der Waals surface area contributed by atoms with Gasteiger partial charge in [-0.05, 0) is 30.2 Å². The van der Waals surface area contributed by atoms with Gasteiger partial charge in [0.2, 0.25) is 0 Å². The van der Waals surface area contributed by atoms with E-state index in [0.29, 0.717) is 16.3 Å². The Morgan fingerprint density at radius 1 is 1.20 bits per heavy atom. The standard InChI is InChI=1S/C17H14N4O3S/c1-10-3-11(8-18-7-10)13-4-12(24-2)5-15-14(13)9-19-21(15)17-6-16(22)20-25(17)23/h3-9H,1-2H3,(H,20,22). The molecule has 0 radical (unpaired) electrons. The van der Waals surface area contributed by atoms with Crippen LogP contribution >= 0.6 is 0 Å². The normalized spacial score (nSPS) is 16.8. The molecule has 0 fully saturated rings. The number of pyridine rings is 1. The molecule has 1 amide bonds. The van der Waals surface area contributed by atoms with Crippen molar-refractivity contribution in [1.82, 2.24) is 19.5 Å². The minimum absolute atomic E-state index is 0.293. The molecule has 3 aromatic rings.